The van der Waals surface area contributed by atoms with E-state index in [1.807, 2.05) is 36.9 Å². The number of aryl methyl sites for hydroxylation is 1. The van der Waals surface area contributed by atoms with Gasteiger partial charge < -0.3 is 4.90 Å². The molecule has 4 nitrogen and oxygen atoms in total. The lowest BCUT2D eigenvalue weighted by molar-refractivity contribution is -0.120. The summed E-state index contributed by atoms with van der Waals surface area (Å²) in [7, 11) is 0. The Labute approximate surface area is 174 Å². The van der Waals surface area contributed by atoms with Crippen molar-refractivity contribution in [2.24, 2.45) is 0 Å². The second-order valence-electron chi connectivity index (χ2n) is 7.21. The molecule has 1 fully saturated rings. The zero-order valence-electron chi connectivity index (χ0n) is 15.8. The molecule has 6 heteroatoms. The molecule has 0 N–H and O–H groups in total. The van der Waals surface area contributed by atoms with Crippen molar-refractivity contribution in [3.8, 4) is 0 Å². The van der Waals surface area contributed by atoms with Crippen LogP contribution in [0.2, 0.25) is 10.0 Å². The smallest absolute Gasteiger partial charge is 0.282 e. The number of anilines is 1. The third kappa shape index (κ3) is 3.01. The molecule has 1 saturated heterocycles. The maximum atomic E-state index is 13.5. The Balaban J connectivity index is 1.90. The van der Waals surface area contributed by atoms with Gasteiger partial charge in [-0.05, 0) is 56.0 Å². The van der Waals surface area contributed by atoms with Gasteiger partial charge in [0.1, 0.15) is 5.70 Å². The molecule has 144 valence electrons. The Morgan fingerprint density at radius 1 is 0.929 bits per heavy atom. The Morgan fingerprint density at radius 2 is 1.64 bits per heavy atom. The number of hydrogen-bond donors (Lipinski definition) is 0. The number of amides is 2. The van der Waals surface area contributed by atoms with E-state index in [1.165, 1.54) is 4.90 Å². The van der Waals surface area contributed by atoms with Gasteiger partial charge in [-0.1, -0.05) is 41.4 Å². The van der Waals surface area contributed by atoms with E-state index in [0.717, 1.165) is 37.1 Å². The monoisotopic (exact) mass is 414 g/mol. The van der Waals surface area contributed by atoms with Crippen molar-refractivity contribution in [2.75, 3.05) is 18.0 Å². The van der Waals surface area contributed by atoms with Crippen LogP contribution in [0.4, 0.5) is 5.69 Å². The SMILES string of the molecule is Cc1cccc(N2C(=O)C(c3ccc(Cl)cc3Cl)=C(N3CCCC3)C2=O)c1C. The summed E-state index contributed by atoms with van der Waals surface area (Å²) >= 11 is 12.5. The fraction of sp³-hybridized carbons (Fsp3) is 0.273. The van der Waals surface area contributed by atoms with Gasteiger partial charge >= 0.3 is 0 Å². The second kappa shape index (κ2) is 7.26. The van der Waals surface area contributed by atoms with E-state index in [4.69, 9.17) is 23.2 Å². The highest BCUT2D eigenvalue weighted by atomic mass is 35.5. The minimum Gasteiger partial charge on any atom is -0.366 e. The highest BCUT2D eigenvalue weighted by Gasteiger charge is 2.44. The quantitative estimate of drug-likeness (QED) is 0.664. The van der Waals surface area contributed by atoms with Gasteiger partial charge in [0.2, 0.25) is 0 Å². The molecule has 2 aliphatic heterocycles. The van der Waals surface area contributed by atoms with Crippen LogP contribution < -0.4 is 4.90 Å². The highest BCUT2D eigenvalue weighted by Crippen LogP contribution is 2.40. The summed E-state index contributed by atoms with van der Waals surface area (Å²) in [6, 6.07) is 10.7. The molecule has 0 spiro atoms. The van der Waals surface area contributed by atoms with Crippen LogP contribution in [0.5, 0.6) is 0 Å². The van der Waals surface area contributed by atoms with E-state index in [0.29, 0.717) is 32.6 Å². The van der Waals surface area contributed by atoms with E-state index >= 15 is 0 Å². The summed E-state index contributed by atoms with van der Waals surface area (Å²) in [5.74, 6) is -0.633. The Hall–Kier alpha value is -2.30. The molecule has 2 heterocycles. The van der Waals surface area contributed by atoms with Crippen molar-refractivity contribution >= 4 is 46.3 Å². The lowest BCUT2D eigenvalue weighted by atomic mass is 10.0. The molecular weight excluding hydrogens is 395 g/mol. The van der Waals surface area contributed by atoms with Crippen LogP contribution >= 0.6 is 23.2 Å². The molecule has 0 atom stereocenters. The largest absolute Gasteiger partial charge is 0.366 e. The minimum atomic E-state index is -0.343. The summed E-state index contributed by atoms with van der Waals surface area (Å²) in [5.41, 5.74) is 3.89. The van der Waals surface area contributed by atoms with Crippen molar-refractivity contribution in [3.05, 3.63) is 68.8 Å². The van der Waals surface area contributed by atoms with E-state index in [-0.39, 0.29) is 11.8 Å². The van der Waals surface area contributed by atoms with Gasteiger partial charge in [-0.25, -0.2) is 4.90 Å². The summed E-state index contributed by atoms with van der Waals surface area (Å²) in [6.07, 6.45) is 1.99. The summed E-state index contributed by atoms with van der Waals surface area (Å²) in [4.78, 5) is 30.3. The highest BCUT2D eigenvalue weighted by molar-refractivity contribution is 6.47. The molecule has 0 bridgehead atoms. The Morgan fingerprint density at radius 3 is 2.32 bits per heavy atom. The van der Waals surface area contributed by atoms with Crippen LogP contribution in [-0.2, 0) is 9.59 Å². The third-order valence-electron chi connectivity index (χ3n) is 5.50. The molecule has 0 saturated carbocycles. The molecule has 0 unspecified atom stereocenters. The zero-order valence-corrected chi connectivity index (χ0v) is 17.3. The number of benzene rings is 2. The van der Waals surface area contributed by atoms with Gasteiger partial charge in [0.15, 0.2) is 0 Å². The molecule has 4 rings (SSSR count). The summed E-state index contributed by atoms with van der Waals surface area (Å²) < 4.78 is 0. The average Bonchev–Trinajstić information content (AvgIpc) is 3.25. The van der Waals surface area contributed by atoms with Crippen LogP contribution in [0.25, 0.3) is 5.57 Å². The van der Waals surface area contributed by atoms with Crippen LogP contribution in [0.1, 0.15) is 29.5 Å². The van der Waals surface area contributed by atoms with Crippen molar-refractivity contribution in [1.82, 2.24) is 4.90 Å². The summed E-state index contributed by atoms with van der Waals surface area (Å²) in [5, 5.41) is 0.850. The molecule has 2 amide bonds. The van der Waals surface area contributed by atoms with Crippen LogP contribution in [0.3, 0.4) is 0 Å². The molecule has 0 aliphatic carbocycles. The van der Waals surface area contributed by atoms with Crippen molar-refractivity contribution < 1.29 is 9.59 Å². The number of rotatable bonds is 3. The molecular formula is C22H20Cl2N2O2. The first-order valence-corrected chi connectivity index (χ1v) is 10.1. The predicted octanol–water partition coefficient (Wildman–Crippen LogP) is 4.99. The molecule has 2 aromatic carbocycles. The number of nitrogens with zero attached hydrogens (tertiary/aromatic N) is 2. The Bertz CT molecular complexity index is 1020. The van der Waals surface area contributed by atoms with Crippen molar-refractivity contribution in [2.45, 2.75) is 26.7 Å². The molecule has 0 radical (unpaired) electrons. The number of halogens is 2. The Kier molecular flexibility index (Phi) is 4.94. The second-order valence-corrected chi connectivity index (χ2v) is 8.05. The van der Waals surface area contributed by atoms with E-state index in [9.17, 15) is 9.59 Å². The van der Waals surface area contributed by atoms with Gasteiger partial charge in [0, 0.05) is 23.7 Å². The maximum Gasteiger partial charge on any atom is 0.282 e. The van der Waals surface area contributed by atoms with Crippen LogP contribution in [0, 0.1) is 13.8 Å². The molecule has 28 heavy (non-hydrogen) atoms. The van der Waals surface area contributed by atoms with E-state index < -0.39 is 0 Å². The van der Waals surface area contributed by atoms with Gasteiger partial charge in [-0.2, -0.15) is 0 Å². The van der Waals surface area contributed by atoms with Crippen LogP contribution in [-0.4, -0.2) is 29.8 Å². The maximum absolute atomic E-state index is 13.5. The van der Waals surface area contributed by atoms with E-state index in [2.05, 4.69) is 0 Å². The van der Waals surface area contributed by atoms with Gasteiger partial charge in [-0.15, -0.1) is 0 Å². The standard InChI is InChI=1S/C22H20Cl2N2O2/c1-13-6-5-7-18(14(13)2)26-21(27)19(16-9-8-15(23)12-17(16)24)20(22(26)28)25-10-3-4-11-25/h5-9,12H,3-4,10-11H2,1-2H3. The topological polar surface area (TPSA) is 40.6 Å². The minimum absolute atomic E-state index is 0.290. The van der Waals surface area contributed by atoms with Gasteiger partial charge in [0.05, 0.1) is 16.3 Å². The zero-order chi connectivity index (χ0) is 20.0. The molecule has 2 aromatic rings. The average molecular weight is 415 g/mol. The number of imide groups is 1. The normalized spacial score (nSPS) is 17.3. The first-order valence-electron chi connectivity index (χ1n) is 9.30. The first kappa shape index (κ1) is 19.0. The fourth-order valence-electron chi connectivity index (χ4n) is 3.88. The lowest BCUT2D eigenvalue weighted by Crippen LogP contribution is -2.35. The third-order valence-corrected chi connectivity index (χ3v) is 6.05. The lowest BCUT2D eigenvalue weighted by Gasteiger charge is -2.21. The van der Waals surface area contributed by atoms with Crippen molar-refractivity contribution in [1.29, 1.82) is 0 Å². The molecule has 0 aromatic heterocycles. The van der Waals surface area contributed by atoms with Gasteiger partial charge in [0.25, 0.3) is 11.8 Å². The predicted molar refractivity (Wildman–Crippen MR) is 113 cm³/mol. The van der Waals surface area contributed by atoms with Gasteiger partial charge in [-0.3, -0.25) is 9.59 Å². The summed E-state index contributed by atoms with van der Waals surface area (Å²) in [6.45, 7) is 5.40. The molecule has 2 aliphatic rings. The van der Waals surface area contributed by atoms with E-state index in [1.54, 1.807) is 18.2 Å². The number of carbonyl (C=O) groups is 2. The number of likely N-dealkylation sites (tertiary alicyclic amines) is 1. The van der Waals surface area contributed by atoms with Crippen molar-refractivity contribution in [3.63, 3.8) is 0 Å². The number of carbonyl (C=O) groups excluding carboxylic acids is 2. The number of hydrogen-bond acceptors (Lipinski definition) is 3. The van der Waals surface area contributed by atoms with Crippen LogP contribution in [0.15, 0.2) is 42.1 Å². The fourth-order valence-corrected chi connectivity index (χ4v) is 4.39. The first-order chi connectivity index (χ1) is 13.4.